The first-order valence-electron chi connectivity index (χ1n) is 12.9. The van der Waals surface area contributed by atoms with Crippen LogP contribution in [0.5, 0.6) is 0 Å². The Bertz CT molecular complexity index is 783. The molecule has 0 N–H and O–H groups in total. The molecule has 34 heavy (non-hydrogen) atoms. The Balaban J connectivity index is 2.06. The van der Waals surface area contributed by atoms with Gasteiger partial charge in [-0.25, -0.2) is 0 Å². The Kier molecular flexibility index (Phi) is 12.3. The van der Waals surface area contributed by atoms with Crippen molar-refractivity contribution < 1.29 is 13.9 Å². The molecule has 4 heteroatoms. The van der Waals surface area contributed by atoms with Gasteiger partial charge in [0.2, 0.25) is 8.32 Å². The van der Waals surface area contributed by atoms with Crippen LogP contribution in [0.2, 0.25) is 16.6 Å². The van der Waals surface area contributed by atoms with Crippen molar-refractivity contribution in [1.82, 2.24) is 0 Å². The fraction of sp³-hybridized carbons (Fsp3) is 0.533. The lowest BCUT2D eigenvalue weighted by molar-refractivity contribution is -0.0104. The molecule has 0 saturated carbocycles. The lowest BCUT2D eigenvalue weighted by Gasteiger charge is -2.44. The lowest BCUT2D eigenvalue weighted by atomic mass is 10.1. The van der Waals surface area contributed by atoms with E-state index in [2.05, 4.69) is 84.5 Å². The molecular weight excluding hydrogens is 436 g/mol. The van der Waals surface area contributed by atoms with Gasteiger partial charge < -0.3 is 13.9 Å². The van der Waals surface area contributed by atoms with E-state index in [9.17, 15) is 0 Å². The molecule has 2 aromatic rings. The molecule has 2 atom stereocenters. The van der Waals surface area contributed by atoms with E-state index < -0.39 is 8.32 Å². The summed E-state index contributed by atoms with van der Waals surface area (Å²) in [5.41, 5.74) is 3.98. The summed E-state index contributed by atoms with van der Waals surface area (Å²) in [5.74, 6) is 0. The summed E-state index contributed by atoms with van der Waals surface area (Å²) in [5, 5.41) is 0. The summed E-state index contributed by atoms with van der Waals surface area (Å²) < 4.78 is 19.4. The van der Waals surface area contributed by atoms with E-state index in [1.807, 2.05) is 30.3 Å². The van der Waals surface area contributed by atoms with Crippen LogP contribution in [0.4, 0.5) is 0 Å². The van der Waals surface area contributed by atoms with Gasteiger partial charge in [0.15, 0.2) is 0 Å². The summed E-state index contributed by atoms with van der Waals surface area (Å²) in [6.07, 6.45) is 3.63. The summed E-state index contributed by atoms with van der Waals surface area (Å²) in [7, 11) is -2.01. The van der Waals surface area contributed by atoms with Crippen LogP contribution in [0.3, 0.4) is 0 Å². The van der Waals surface area contributed by atoms with E-state index >= 15 is 0 Å². The van der Waals surface area contributed by atoms with Gasteiger partial charge >= 0.3 is 0 Å². The largest absolute Gasteiger partial charge is 0.410 e. The number of hydrogen-bond donors (Lipinski definition) is 0. The molecule has 3 nitrogen and oxygen atoms in total. The molecule has 2 rings (SSSR count). The van der Waals surface area contributed by atoms with E-state index in [0.29, 0.717) is 36.4 Å². The van der Waals surface area contributed by atoms with Crippen LogP contribution >= 0.6 is 0 Å². The monoisotopic (exact) mass is 482 g/mol. The van der Waals surface area contributed by atoms with Gasteiger partial charge in [0.25, 0.3) is 0 Å². The molecule has 188 valence electrons. The molecule has 0 saturated heterocycles. The molecule has 0 aliphatic rings. The maximum atomic E-state index is 7.03. The van der Waals surface area contributed by atoms with E-state index in [1.54, 1.807) is 0 Å². The van der Waals surface area contributed by atoms with Crippen LogP contribution in [0.1, 0.15) is 65.5 Å². The van der Waals surface area contributed by atoms with Crippen LogP contribution in [0.15, 0.2) is 73.3 Å². The summed E-state index contributed by atoms with van der Waals surface area (Å²) in [6.45, 7) is 20.0. The van der Waals surface area contributed by atoms with Gasteiger partial charge in [-0.15, -0.1) is 6.58 Å². The summed E-state index contributed by atoms with van der Waals surface area (Å²) in [4.78, 5) is 0. The van der Waals surface area contributed by atoms with Gasteiger partial charge in [-0.1, -0.05) is 108 Å². The van der Waals surface area contributed by atoms with Crippen molar-refractivity contribution in [1.29, 1.82) is 0 Å². The highest BCUT2D eigenvalue weighted by molar-refractivity contribution is 6.77. The molecule has 0 radical (unpaired) electrons. The molecule has 2 aromatic carbocycles. The van der Waals surface area contributed by atoms with Gasteiger partial charge in [0.05, 0.1) is 25.4 Å². The average Bonchev–Trinajstić information content (AvgIpc) is 2.83. The third-order valence-corrected chi connectivity index (χ3v) is 13.0. The summed E-state index contributed by atoms with van der Waals surface area (Å²) >= 11 is 0. The topological polar surface area (TPSA) is 27.7 Å². The normalized spacial score (nSPS) is 14.0. The summed E-state index contributed by atoms with van der Waals surface area (Å²) in [6, 6.07) is 20.7. The Morgan fingerprint density at radius 3 is 1.74 bits per heavy atom. The van der Waals surface area contributed by atoms with Gasteiger partial charge in [0, 0.05) is 13.0 Å². The maximum absolute atomic E-state index is 7.03. The zero-order valence-electron chi connectivity index (χ0n) is 22.2. The van der Waals surface area contributed by atoms with Crippen molar-refractivity contribution >= 4 is 8.32 Å². The van der Waals surface area contributed by atoms with Crippen LogP contribution in [-0.4, -0.2) is 27.1 Å². The standard InChI is InChI=1S/C30H46O3Si/c1-8-29(33-34(24(2)3,25(4)5)26(6)7)21-30(32-23-28-17-13-10-14-18-28)19-20-31-22-27-15-11-9-12-16-27/h8-18,24-26,29-30H,1,19-23H2,2-7H3/t29-,30-/m0/s1. The third-order valence-electron chi connectivity index (χ3n) is 6.84. The molecule has 0 unspecified atom stereocenters. The minimum atomic E-state index is -2.01. The first kappa shape index (κ1) is 28.5. The minimum Gasteiger partial charge on any atom is -0.410 e. The van der Waals surface area contributed by atoms with Crippen molar-refractivity contribution in [3.63, 3.8) is 0 Å². The predicted octanol–water partition coefficient (Wildman–Crippen LogP) is 8.32. The molecule has 0 bridgehead atoms. The molecule has 0 fully saturated rings. The van der Waals surface area contributed by atoms with E-state index in [1.165, 1.54) is 11.1 Å². The third kappa shape index (κ3) is 8.49. The van der Waals surface area contributed by atoms with Crippen LogP contribution in [0, 0.1) is 0 Å². The average molecular weight is 483 g/mol. The van der Waals surface area contributed by atoms with Crippen molar-refractivity contribution in [2.75, 3.05) is 6.61 Å². The van der Waals surface area contributed by atoms with Crippen molar-refractivity contribution in [3.8, 4) is 0 Å². The fourth-order valence-electron chi connectivity index (χ4n) is 5.16. The van der Waals surface area contributed by atoms with Crippen LogP contribution in [-0.2, 0) is 27.1 Å². The second-order valence-corrected chi connectivity index (χ2v) is 15.6. The molecule has 0 spiro atoms. The number of hydrogen-bond acceptors (Lipinski definition) is 3. The van der Waals surface area contributed by atoms with E-state index in [0.717, 1.165) is 12.8 Å². The Labute approximate surface area is 209 Å². The lowest BCUT2D eigenvalue weighted by Crippen LogP contribution is -2.50. The maximum Gasteiger partial charge on any atom is 0.201 e. The fourth-order valence-corrected chi connectivity index (χ4v) is 10.7. The van der Waals surface area contributed by atoms with Crippen molar-refractivity contribution in [2.24, 2.45) is 0 Å². The van der Waals surface area contributed by atoms with Crippen molar-refractivity contribution in [2.45, 2.75) is 96.4 Å². The van der Waals surface area contributed by atoms with E-state index in [4.69, 9.17) is 13.9 Å². The Hall–Kier alpha value is -1.72. The number of ether oxygens (including phenoxy) is 2. The predicted molar refractivity (Wildman–Crippen MR) is 146 cm³/mol. The zero-order chi connectivity index (χ0) is 25.0. The van der Waals surface area contributed by atoms with Crippen LogP contribution in [0.25, 0.3) is 0 Å². The molecule has 0 aromatic heterocycles. The molecule has 0 amide bonds. The smallest absolute Gasteiger partial charge is 0.201 e. The highest BCUT2D eigenvalue weighted by Crippen LogP contribution is 2.43. The van der Waals surface area contributed by atoms with Gasteiger partial charge in [0.1, 0.15) is 0 Å². The molecule has 0 heterocycles. The first-order valence-corrected chi connectivity index (χ1v) is 15.0. The number of rotatable bonds is 16. The van der Waals surface area contributed by atoms with Gasteiger partial charge in [-0.3, -0.25) is 0 Å². The Morgan fingerprint density at radius 2 is 1.26 bits per heavy atom. The number of benzene rings is 2. The molecule has 0 aliphatic carbocycles. The van der Waals surface area contributed by atoms with Gasteiger partial charge in [-0.05, 0) is 34.2 Å². The second kappa shape index (κ2) is 14.6. The minimum absolute atomic E-state index is 0.0197. The first-order chi connectivity index (χ1) is 16.3. The zero-order valence-corrected chi connectivity index (χ0v) is 23.2. The van der Waals surface area contributed by atoms with Gasteiger partial charge in [-0.2, -0.15) is 0 Å². The molecule has 0 aliphatic heterocycles. The molecular formula is C30H46O3Si. The second-order valence-electron chi connectivity index (χ2n) is 10.2. The highest BCUT2D eigenvalue weighted by atomic mass is 28.4. The van der Waals surface area contributed by atoms with Crippen molar-refractivity contribution in [3.05, 3.63) is 84.4 Å². The van der Waals surface area contributed by atoms with Crippen LogP contribution < -0.4 is 0 Å². The quantitative estimate of drug-likeness (QED) is 0.137. The highest BCUT2D eigenvalue weighted by Gasteiger charge is 2.46. The Morgan fingerprint density at radius 1 is 0.765 bits per heavy atom. The SMILES string of the molecule is C=C[C@@H](C[C@H](CCOCc1ccccc1)OCc1ccccc1)O[Si](C(C)C)(C(C)C)C(C)C. The van der Waals surface area contributed by atoms with E-state index in [-0.39, 0.29) is 12.2 Å².